The summed E-state index contributed by atoms with van der Waals surface area (Å²) < 4.78 is 0. The van der Waals surface area contributed by atoms with Crippen LogP contribution in [-0.2, 0) is 11.2 Å². The largest absolute Gasteiger partial charge is 0.481 e. The molecule has 0 bridgehead atoms. The van der Waals surface area contributed by atoms with Crippen LogP contribution in [0.4, 0.5) is 5.69 Å². The fraction of sp³-hybridized carbons (Fsp3) is 0.462. The van der Waals surface area contributed by atoms with Crippen LogP contribution in [0.3, 0.4) is 0 Å². The Hall–Kier alpha value is -1.91. The topological polar surface area (TPSA) is 80.4 Å². The van der Waals surface area contributed by atoms with Gasteiger partial charge in [0.25, 0.3) is 5.69 Å². The van der Waals surface area contributed by atoms with E-state index in [0.717, 1.165) is 12.8 Å². The molecule has 96 valence electrons. The van der Waals surface area contributed by atoms with E-state index < -0.39 is 16.3 Å². The highest BCUT2D eigenvalue weighted by atomic mass is 16.6. The lowest BCUT2D eigenvalue weighted by molar-refractivity contribution is -0.385. The van der Waals surface area contributed by atoms with Crippen molar-refractivity contribution in [2.75, 3.05) is 0 Å². The van der Waals surface area contributed by atoms with Crippen LogP contribution in [0.1, 0.15) is 25.3 Å². The van der Waals surface area contributed by atoms with E-state index in [9.17, 15) is 20.0 Å². The maximum atomic E-state index is 11.4. The average molecular weight is 249 g/mol. The number of nitrogens with zero attached hydrogens (tertiary/aromatic N) is 1. The van der Waals surface area contributed by atoms with Gasteiger partial charge in [-0.15, -0.1) is 0 Å². The van der Waals surface area contributed by atoms with Gasteiger partial charge < -0.3 is 5.11 Å². The van der Waals surface area contributed by atoms with Crippen LogP contribution in [0.15, 0.2) is 24.3 Å². The lowest BCUT2D eigenvalue weighted by atomic mass is 9.78. The Morgan fingerprint density at radius 2 is 2.11 bits per heavy atom. The van der Waals surface area contributed by atoms with Crippen molar-refractivity contribution in [1.82, 2.24) is 0 Å². The Morgan fingerprint density at radius 3 is 2.61 bits per heavy atom. The van der Waals surface area contributed by atoms with E-state index in [2.05, 4.69) is 0 Å². The normalized spacial score (nSPS) is 18.1. The molecule has 1 N–H and O–H groups in total. The van der Waals surface area contributed by atoms with E-state index >= 15 is 0 Å². The number of nitro groups is 1. The second kappa shape index (κ2) is 4.40. The van der Waals surface area contributed by atoms with Gasteiger partial charge in [-0.25, -0.2) is 0 Å². The maximum Gasteiger partial charge on any atom is 0.309 e. The standard InChI is InChI=1S/C13H15NO4/c1-13(12(15)16,10-6-7-10)8-9-4-2-3-5-11(9)14(17)18/h2-5,10H,6-8H2,1H3,(H,15,16). The molecule has 0 amide bonds. The Morgan fingerprint density at radius 1 is 1.50 bits per heavy atom. The molecule has 0 spiro atoms. The number of nitro benzene ring substituents is 1. The summed E-state index contributed by atoms with van der Waals surface area (Å²) in [5.74, 6) is -0.738. The van der Waals surface area contributed by atoms with Crippen molar-refractivity contribution in [3.05, 3.63) is 39.9 Å². The lowest BCUT2D eigenvalue weighted by Crippen LogP contribution is -2.32. The van der Waals surface area contributed by atoms with Crippen molar-refractivity contribution in [3.8, 4) is 0 Å². The number of para-hydroxylation sites is 1. The lowest BCUT2D eigenvalue weighted by Gasteiger charge is -2.24. The van der Waals surface area contributed by atoms with Crippen molar-refractivity contribution in [3.63, 3.8) is 0 Å². The number of carboxylic acid groups (broad SMARTS) is 1. The highest BCUT2D eigenvalue weighted by Crippen LogP contribution is 2.48. The molecule has 0 aromatic heterocycles. The molecule has 5 nitrogen and oxygen atoms in total. The molecule has 18 heavy (non-hydrogen) atoms. The van der Waals surface area contributed by atoms with E-state index in [-0.39, 0.29) is 18.0 Å². The predicted octanol–water partition coefficient (Wildman–Crippen LogP) is 2.64. The first-order valence-corrected chi connectivity index (χ1v) is 5.91. The van der Waals surface area contributed by atoms with Crippen molar-refractivity contribution in [2.45, 2.75) is 26.2 Å². The molecule has 1 aliphatic rings. The van der Waals surface area contributed by atoms with Crippen LogP contribution in [-0.4, -0.2) is 16.0 Å². The molecule has 1 unspecified atom stereocenters. The first-order chi connectivity index (χ1) is 8.45. The third-order valence-corrected chi connectivity index (χ3v) is 3.71. The molecule has 0 heterocycles. The van der Waals surface area contributed by atoms with Crippen LogP contribution >= 0.6 is 0 Å². The van der Waals surface area contributed by atoms with Gasteiger partial charge in [-0.2, -0.15) is 0 Å². The smallest absolute Gasteiger partial charge is 0.309 e. The molecular formula is C13H15NO4. The van der Waals surface area contributed by atoms with Gasteiger partial charge in [0, 0.05) is 11.6 Å². The average Bonchev–Trinajstić information content (AvgIpc) is 3.13. The number of benzene rings is 1. The number of carboxylic acids is 1. The molecule has 1 aliphatic carbocycles. The van der Waals surface area contributed by atoms with Crippen molar-refractivity contribution in [1.29, 1.82) is 0 Å². The van der Waals surface area contributed by atoms with Gasteiger partial charge in [-0.3, -0.25) is 14.9 Å². The van der Waals surface area contributed by atoms with Gasteiger partial charge >= 0.3 is 5.97 Å². The van der Waals surface area contributed by atoms with Gasteiger partial charge in [0.1, 0.15) is 0 Å². The van der Waals surface area contributed by atoms with Crippen LogP contribution in [0.25, 0.3) is 0 Å². The molecule has 1 aromatic rings. The van der Waals surface area contributed by atoms with Gasteiger partial charge in [0.05, 0.1) is 10.3 Å². The zero-order chi connectivity index (χ0) is 13.3. The summed E-state index contributed by atoms with van der Waals surface area (Å²) in [4.78, 5) is 21.9. The van der Waals surface area contributed by atoms with E-state index in [4.69, 9.17) is 0 Å². The van der Waals surface area contributed by atoms with Crippen LogP contribution in [0, 0.1) is 21.4 Å². The summed E-state index contributed by atoms with van der Waals surface area (Å²) in [6.45, 7) is 1.68. The Labute approximate surface area is 105 Å². The number of aliphatic carboxylic acids is 1. The number of hydrogen-bond donors (Lipinski definition) is 1. The Kier molecular flexibility index (Phi) is 3.07. The highest BCUT2D eigenvalue weighted by Gasteiger charge is 2.48. The predicted molar refractivity (Wildman–Crippen MR) is 65.3 cm³/mol. The molecule has 0 saturated heterocycles. The Bertz CT molecular complexity index is 496. The monoisotopic (exact) mass is 249 g/mol. The minimum atomic E-state index is -0.897. The van der Waals surface area contributed by atoms with E-state index in [0.29, 0.717) is 5.56 Å². The minimum Gasteiger partial charge on any atom is -0.481 e. The third-order valence-electron chi connectivity index (χ3n) is 3.71. The van der Waals surface area contributed by atoms with Crippen molar-refractivity contribution < 1.29 is 14.8 Å². The van der Waals surface area contributed by atoms with Crippen LogP contribution in [0.5, 0.6) is 0 Å². The molecule has 1 saturated carbocycles. The molecule has 1 aromatic carbocycles. The maximum absolute atomic E-state index is 11.4. The second-order valence-corrected chi connectivity index (χ2v) is 5.06. The SMILES string of the molecule is CC(Cc1ccccc1[N+](=O)[O-])(C(=O)O)C1CC1. The zero-order valence-electron chi connectivity index (χ0n) is 10.1. The van der Waals surface area contributed by atoms with Crippen molar-refractivity contribution in [2.24, 2.45) is 11.3 Å². The van der Waals surface area contributed by atoms with E-state index in [1.54, 1.807) is 25.1 Å². The molecule has 0 radical (unpaired) electrons. The van der Waals surface area contributed by atoms with Crippen molar-refractivity contribution >= 4 is 11.7 Å². The number of carbonyl (C=O) groups is 1. The summed E-state index contributed by atoms with van der Waals surface area (Å²) in [5, 5.41) is 20.3. The molecular weight excluding hydrogens is 234 g/mol. The molecule has 1 fully saturated rings. The van der Waals surface area contributed by atoms with Gasteiger partial charge in [-0.05, 0) is 32.1 Å². The number of hydrogen-bond acceptors (Lipinski definition) is 3. The van der Waals surface area contributed by atoms with E-state index in [1.807, 2.05) is 0 Å². The fourth-order valence-corrected chi connectivity index (χ4v) is 2.35. The van der Waals surface area contributed by atoms with Gasteiger partial charge in [0.15, 0.2) is 0 Å². The summed E-state index contributed by atoms with van der Waals surface area (Å²) in [6, 6.07) is 6.36. The van der Waals surface area contributed by atoms with Gasteiger partial charge in [0.2, 0.25) is 0 Å². The Balaban J connectivity index is 2.32. The number of rotatable bonds is 5. The summed E-state index contributed by atoms with van der Waals surface area (Å²) in [7, 11) is 0. The summed E-state index contributed by atoms with van der Waals surface area (Å²) in [6.07, 6.45) is 2.00. The summed E-state index contributed by atoms with van der Waals surface area (Å²) in [5.41, 5.74) is -0.392. The molecule has 5 heteroatoms. The first kappa shape index (κ1) is 12.5. The second-order valence-electron chi connectivity index (χ2n) is 5.06. The molecule has 2 rings (SSSR count). The third kappa shape index (κ3) is 2.20. The summed E-state index contributed by atoms with van der Waals surface area (Å²) >= 11 is 0. The molecule has 1 atom stereocenters. The fourth-order valence-electron chi connectivity index (χ4n) is 2.35. The highest BCUT2D eigenvalue weighted by molar-refractivity contribution is 5.75. The quantitative estimate of drug-likeness (QED) is 0.642. The van der Waals surface area contributed by atoms with Crippen LogP contribution < -0.4 is 0 Å². The molecule has 0 aliphatic heterocycles. The van der Waals surface area contributed by atoms with E-state index in [1.165, 1.54) is 6.07 Å². The van der Waals surface area contributed by atoms with Gasteiger partial charge in [-0.1, -0.05) is 18.2 Å². The van der Waals surface area contributed by atoms with Crippen LogP contribution in [0.2, 0.25) is 0 Å². The minimum absolute atomic E-state index is 0.00521. The zero-order valence-corrected chi connectivity index (χ0v) is 10.1. The first-order valence-electron chi connectivity index (χ1n) is 5.91.